The van der Waals surface area contributed by atoms with E-state index in [1.54, 1.807) is 0 Å². The van der Waals surface area contributed by atoms with Crippen molar-refractivity contribution in [2.45, 2.75) is 30.0 Å². The van der Waals surface area contributed by atoms with Crippen molar-refractivity contribution in [2.24, 2.45) is 0 Å². The summed E-state index contributed by atoms with van der Waals surface area (Å²) in [4.78, 5) is 11.2. The molecule has 0 aliphatic carbocycles. The van der Waals surface area contributed by atoms with Gasteiger partial charge < -0.3 is 10.6 Å². The molecule has 1 aromatic rings. The van der Waals surface area contributed by atoms with Crippen LogP contribution in [0.25, 0.3) is 0 Å². The van der Waals surface area contributed by atoms with Crippen molar-refractivity contribution in [3.05, 3.63) is 29.8 Å². The molecule has 1 aliphatic rings. The van der Waals surface area contributed by atoms with Gasteiger partial charge in [0, 0.05) is 12.6 Å². The summed E-state index contributed by atoms with van der Waals surface area (Å²) >= 11 is 0. The van der Waals surface area contributed by atoms with E-state index < -0.39 is 39.1 Å². The zero-order chi connectivity index (χ0) is 17.8. The monoisotopic (exact) mass is 401 g/mol. The second kappa shape index (κ2) is 8.84. The van der Waals surface area contributed by atoms with Crippen LogP contribution in [0.2, 0.25) is 0 Å². The second-order valence-corrected chi connectivity index (χ2v) is 7.23. The lowest BCUT2D eigenvalue weighted by Crippen LogP contribution is -2.48. The molecule has 1 saturated heterocycles. The quantitative estimate of drug-likeness (QED) is 0.693. The second-order valence-electron chi connectivity index (χ2n) is 5.46. The van der Waals surface area contributed by atoms with Crippen LogP contribution >= 0.6 is 12.4 Å². The van der Waals surface area contributed by atoms with Crippen LogP contribution in [0.4, 0.5) is 13.2 Å². The number of nitrogens with one attached hydrogen (secondary N) is 3. The lowest BCUT2D eigenvalue weighted by molar-refractivity contribution is -0.137. The fourth-order valence-corrected chi connectivity index (χ4v) is 3.36. The average Bonchev–Trinajstić information content (AvgIpc) is 2.53. The van der Waals surface area contributed by atoms with E-state index in [0.29, 0.717) is 12.6 Å². The van der Waals surface area contributed by atoms with Crippen LogP contribution in [0, 0.1) is 0 Å². The normalized spacial score (nSPS) is 18.3. The molecule has 3 N–H and O–H groups in total. The zero-order valence-corrected chi connectivity index (χ0v) is 14.7. The van der Waals surface area contributed by atoms with Gasteiger partial charge in [-0.05, 0) is 37.6 Å². The highest BCUT2D eigenvalue weighted by atomic mass is 35.5. The Bertz CT molecular complexity index is 692. The first-order chi connectivity index (χ1) is 11.2. The lowest BCUT2D eigenvalue weighted by atomic mass is 10.1. The van der Waals surface area contributed by atoms with Gasteiger partial charge in [0.1, 0.15) is 0 Å². The van der Waals surface area contributed by atoms with E-state index in [9.17, 15) is 26.4 Å². The van der Waals surface area contributed by atoms with Gasteiger partial charge in [0.25, 0.3) is 0 Å². The fraction of sp³-hybridized carbons (Fsp3) is 0.500. The van der Waals surface area contributed by atoms with Gasteiger partial charge in [0.15, 0.2) is 0 Å². The van der Waals surface area contributed by atoms with Crippen molar-refractivity contribution in [2.75, 3.05) is 19.6 Å². The molecule has 142 valence electrons. The van der Waals surface area contributed by atoms with E-state index in [-0.39, 0.29) is 18.4 Å². The Kier molecular flexibility index (Phi) is 7.66. The lowest BCUT2D eigenvalue weighted by Gasteiger charge is -2.23. The van der Waals surface area contributed by atoms with E-state index in [1.165, 1.54) is 0 Å². The summed E-state index contributed by atoms with van der Waals surface area (Å²) in [7, 11) is -4.21. The Hall–Kier alpha value is -1.36. The van der Waals surface area contributed by atoms with Crippen molar-refractivity contribution in [3.8, 4) is 0 Å². The average molecular weight is 402 g/mol. The zero-order valence-electron chi connectivity index (χ0n) is 13.1. The highest BCUT2D eigenvalue weighted by Gasteiger charge is 2.31. The highest BCUT2D eigenvalue weighted by molar-refractivity contribution is 7.89. The smallest absolute Gasteiger partial charge is 0.351 e. The molecule has 1 amide bonds. The maximum Gasteiger partial charge on any atom is 0.416 e. The van der Waals surface area contributed by atoms with Crippen LogP contribution in [0.5, 0.6) is 0 Å². The van der Waals surface area contributed by atoms with Gasteiger partial charge in [0.05, 0.1) is 17.0 Å². The first-order valence-corrected chi connectivity index (χ1v) is 8.84. The molecule has 1 aromatic carbocycles. The number of benzene rings is 1. The van der Waals surface area contributed by atoms with Gasteiger partial charge in [-0.15, -0.1) is 12.4 Å². The summed E-state index contributed by atoms with van der Waals surface area (Å²) in [6, 6.07) is 3.28. The third-order valence-corrected chi connectivity index (χ3v) is 4.96. The summed E-state index contributed by atoms with van der Waals surface area (Å²) in [5.74, 6) is -0.528. The Balaban J connectivity index is 0.00000312. The Labute approximate surface area is 150 Å². The first kappa shape index (κ1) is 21.7. The molecule has 0 spiro atoms. The highest BCUT2D eigenvalue weighted by Crippen LogP contribution is 2.30. The summed E-state index contributed by atoms with van der Waals surface area (Å²) in [6.07, 6.45) is -2.95. The van der Waals surface area contributed by atoms with E-state index in [1.807, 2.05) is 4.72 Å². The molecular weight excluding hydrogens is 383 g/mol. The molecule has 2 rings (SSSR count). The van der Waals surface area contributed by atoms with E-state index in [0.717, 1.165) is 37.6 Å². The minimum absolute atomic E-state index is 0. The molecule has 0 radical (unpaired) electrons. The predicted octanol–water partition coefficient (Wildman–Crippen LogP) is 1.27. The van der Waals surface area contributed by atoms with Crippen molar-refractivity contribution >= 4 is 28.3 Å². The fourth-order valence-electron chi connectivity index (χ4n) is 2.34. The van der Waals surface area contributed by atoms with Crippen LogP contribution in [0.3, 0.4) is 0 Å². The number of amides is 1. The molecule has 1 unspecified atom stereocenters. The molecular formula is C14H19ClF3N3O3S. The van der Waals surface area contributed by atoms with Crippen LogP contribution in [-0.2, 0) is 21.0 Å². The molecule has 25 heavy (non-hydrogen) atoms. The maximum atomic E-state index is 12.6. The van der Waals surface area contributed by atoms with Gasteiger partial charge in [-0.25, -0.2) is 13.1 Å². The van der Waals surface area contributed by atoms with E-state index >= 15 is 0 Å². The molecule has 1 heterocycles. The van der Waals surface area contributed by atoms with Gasteiger partial charge in [0.2, 0.25) is 15.9 Å². The maximum absolute atomic E-state index is 12.6. The van der Waals surface area contributed by atoms with Crippen LogP contribution in [-0.4, -0.2) is 40.0 Å². The van der Waals surface area contributed by atoms with E-state index in [4.69, 9.17) is 0 Å². The molecule has 1 fully saturated rings. The largest absolute Gasteiger partial charge is 0.416 e. The first-order valence-electron chi connectivity index (χ1n) is 7.35. The SMILES string of the molecule is Cl.O=C(CNS(=O)(=O)c1cccc(C(F)(F)F)c1)NC1CCCNC1. The molecule has 11 heteroatoms. The minimum atomic E-state index is -4.64. The minimum Gasteiger partial charge on any atom is -0.351 e. The Morgan fingerprint density at radius 3 is 2.64 bits per heavy atom. The third-order valence-electron chi connectivity index (χ3n) is 3.56. The number of alkyl halides is 3. The predicted molar refractivity (Wildman–Crippen MR) is 87.9 cm³/mol. The summed E-state index contributed by atoms with van der Waals surface area (Å²) in [5.41, 5.74) is -1.07. The third kappa shape index (κ3) is 6.46. The van der Waals surface area contributed by atoms with Gasteiger partial charge >= 0.3 is 6.18 Å². The summed E-state index contributed by atoms with van der Waals surface area (Å²) in [5, 5.41) is 5.77. The van der Waals surface area contributed by atoms with Crippen LogP contribution in [0.1, 0.15) is 18.4 Å². The Morgan fingerprint density at radius 2 is 2.04 bits per heavy atom. The van der Waals surface area contributed by atoms with Gasteiger partial charge in [-0.3, -0.25) is 4.79 Å². The number of hydrogen-bond donors (Lipinski definition) is 3. The van der Waals surface area contributed by atoms with Crippen LogP contribution in [0.15, 0.2) is 29.2 Å². The number of carbonyl (C=O) groups is 1. The van der Waals surface area contributed by atoms with Crippen molar-refractivity contribution < 1.29 is 26.4 Å². The van der Waals surface area contributed by atoms with Gasteiger partial charge in [-0.2, -0.15) is 13.2 Å². The van der Waals surface area contributed by atoms with Crippen molar-refractivity contribution in [1.82, 2.24) is 15.4 Å². The number of hydrogen-bond acceptors (Lipinski definition) is 4. The van der Waals surface area contributed by atoms with Crippen molar-refractivity contribution in [1.29, 1.82) is 0 Å². The number of piperidine rings is 1. The molecule has 1 aliphatic heterocycles. The topological polar surface area (TPSA) is 87.3 Å². The van der Waals surface area contributed by atoms with Gasteiger partial charge in [-0.1, -0.05) is 6.07 Å². The number of carbonyl (C=O) groups excluding carboxylic acids is 1. The molecule has 6 nitrogen and oxygen atoms in total. The molecule has 0 aromatic heterocycles. The molecule has 0 saturated carbocycles. The summed E-state index contributed by atoms with van der Waals surface area (Å²) in [6.45, 7) is 0.940. The van der Waals surface area contributed by atoms with Crippen molar-refractivity contribution in [3.63, 3.8) is 0 Å². The van der Waals surface area contributed by atoms with E-state index in [2.05, 4.69) is 10.6 Å². The standard InChI is InChI=1S/C14H18F3N3O3S.ClH/c15-14(16,17)10-3-1-5-12(7-10)24(22,23)19-9-13(21)20-11-4-2-6-18-8-11;/h1,3,5,7,11,18-19H,2,4,6,8-9H2,(H,20,21);1H. The number of halogens is 4. The van der Waals surface area contributed by atoms with Crippen LogP contribution < -0.4 is 15.4 Å². The summed E-state index contributed by atoms with van der Waals surface area (Å²) < 4.78 is 64.0. The molecule has 0 bridgehead atoms. The number of rotatable bonds is 5. The number of sulfonamides is 1. The molecule has 1 atom stereocenters. The Morgan fingerprint density at radius 1 is 1.32 bits per heavy atom.